The molecule has 0 radical (unpaired) electrons. The van der Waals surface area contributed by atoms with Crippen molar-refractivity contribution in [2.45, 2.75) is 26.7 Å². The number of phenolic OH excluding ortho intramolecular Hbond substituents is 2. The maximum atomic E-state index is 13.1. The van der Waals surface area contributed by atoms with Crippen LogP contribution >= 0.6 is 0 Å². The summed E-state index contributed by atoms with van der Waals surface area (Å²) in [6, 6.07) is 5.49. The van der Waals surface area contributed by atoms with Gasteiger partial charge in [0.2, 0.25) is 5.78 Å². The molecule has 0 aromatic heterocycles. The van der Waals surface area contributed by atoms with Gasteiger partial charge in [-0.25, -0.2) is 0 Å². The van der Waals surface area contributed by atoms with E-state index in [0.29, 0.717) is 0 Å². The number of fused-ring (bicyclic) bond motifs is 2. The summed E-state index contributed by atoms with van der Waals surface area (Å²) in [5.41, 5.74) is -0.404. The normalized spacial score (nSPS) is 12.2. The third kappa shape index (κ3) is 3.63. The highest BCUT2D eigenvalue weighted by atomic mass is 16.5. The quantitative estimate of drug-likeness (QED) is 0.589. The number of hydrogen-bond acceptors (Lipinski definition) is 8. The Morgan fingerprint density at radius 3 is 1.50 bits per heavy atom. The molecule has 0 spiro atoms. The standard InChI is InChI=1S/C22H20O8/c1-3-29-15(23)9-11-5-7-13-17(19(11)25)22(28)18-14(21(13)27)8-6-12(20(18)26)10-16(24)30-4-2/h5-8,25-26H,3-4,9-10H2,1-2H3. The van der Waals surface area contributed by atoms with E-state index in [-0.39, 0.29) is 59.4 Å². The lowest BCUT2D eigenvalue weighted by atomic mass is 9.81. The summed E-state index contributed by atoms with van der Waals surface area (Å²) < 4.78 is 9.71. The molecule has 0 unspecified atom stereocenters. The van der Waals surface area contributed by atoms with E-state index in [0.717, 1.165) is 0 Å². The van der Waals surface area contributed by atoms with Crippen LogP contribution in [0.1, 0.15) is 56.8 Å². The van der Waals surface area contributed by atoms with Crippen LogP contribution in [0.15, 0.2) is 24.3 Å². The first-order chi connectivity index (χ1) is 14.3. The van der Waals surface area contributed by atoms with Crippen LogP contribution in [-0.2, 0) is 31.9 Å². The molecule has 0 bridgehead atoms. The number of aromatic hydroxyl groups is 2. The van der Waals surface area contributed by atoms with Crippen molar-refractivity contribution in [3.63, 3.8) is 0 Å². The van der Waals surface area contributed by atoms with E-state index in [4.69, 9.17) is 9.47 Å². The molecule has 2 N–H and O–H groups in total. The molecule has 156 valence electrons. The lowest BCUT2D eigenvalue weighted by Crippen LogP contribution is -2.23. The Balaban J connectivity index is 2.07. The number of esters is 2. The third-order valence-corrected chi connectivity index (χ3v) is 4.75. The number of rotatable bonds is 6. The Labute approximate surface area is 172 Å². The number of carbonyl (C=O) groups is 4. The first kappa shape index (κ1) is 21.0. The van der Waals surface area contributed by atoms with Gasteiger partial charge in [-0.3, -0.25) is 19.2 Å². The molecule has 0 saturated heterocycles. The van der Waals surface area contributed by atoms with Gasteiger partial charge in [-0.1, -0.05) is 12.1 Å². The largest absolute Gasteiger partial charge is 0.507 e. The summed E-state index contributed by atoms with van der Waals surface area (Å²) in [5, 5.41) is 21.2. The molecule has 8 heteroatoms. The van der Waals surface area contributed by atoms with Crippen molar-refractivity contribution in [3.05, 3.63) is 57.6 Å². The average molecular weight is 412 g/mol. The van der Waals surface area contributed by atoms with E-state index < -0.39 is 35.0 Å². The third-order valence-electron chi connectivity index (χ3n) is 4.75. The predicted molar refractivity (Wildman–Crippen MR) is 104 cm³/mol. The molecular formula is C22H20O8. The van der Waals surface area contributed by atoms with Crippen LogP contribution in [0.5, 0.6) is 11.5 Å². The van der Waals surface area contributed by atoms with Crippen molar-refractivity contribution in [3.8, 4) is 11.5 Å². The zero-order chi connectivity index (χ0) is 22.0. The minimum absolute atomic E-state index is 0.0323. The van der Waals surface area contributed by atoms with Crippen LogP contribution in [0.2, 0.25) is 0 Å². The van der Waals surface area contributed by atoms with Crippen molar-refractivity contribution < 1.29 is 38.9 Å². The van der Waals surface area contributed by atoms with Crippen LogP contribution < -0.4 is 0 Å². The monoisotopic (exact) mass is 412 g/mol. The van der Waals surface area contributed by atoms with Gasteiger partial charge in [0.05, 0.1) is 37.2 Å². The summed E-state index contributed by atoms with van der Waals surface area (Å²) >= 11 is 0. The van der Waals surface area contributed by atoms with Crippen molar-refractivity contribution in [2.24, 2.45) is 0 Å². The predicted octanol–water partition coefficient (Wildman–Crippen LogP) is 2.08. The second-order valence-corrected chi connectivity index (χ2v) is 6.61. The van der Waals surface area contributed by atoms with Crippen molar-refractivity contribution in [1.82, 2.24) is 0 Å². The minimum atomic E-state index is -0.772. The van der Waals surface area contributed by atoms with Crippen LogP contribution in [-0.4, -0.2) is 46.9 Å². The maximum Gasteiger partial charge on any atom is 0.310 e. The number of benzene rings is 2. The van der Waals surface area contributed by atoms with E-state index >= 15 is 0 Å². The fourth-order valence-electron chi connectivity index (χ4n) is 3.40. The second kappa shape index (κ2) is 8.36. The van der Waals surface area contributed by atoms with E-state index in [2.05, 4.69) is 0 Å². The molecule has 2 aromatic rings. The van der Waals surface area contributed by atoms with Gasteiger partial charge in [-0.15, -0.1) is 0 Å². The Morgan fingerprint density at radius 2 is 1.13 bits per heavy atom. The highest BCUT2D eigenvalue weighted by Gasteiger charge is 2.36. The van der Waals surface area contributed by atoms with Gasteiger partial charge in [0, 0.05) is 22.3 Å². The Morgan fingerprint density at radius 1 is 0.733 bits per heavy atom. The number of carbonyl (C=O) groups excluding carboxylic acids is 4. The van der Waals surface area contributed by atoms with E-state index in [1.807, 2.05) is 0 Å². The summed E-state index contributed by atoms with van der Waals surface area (Å²) in [6.07, 6.45) is -0.563. The Hall–Kier alpha value is -3.68. The summed E-state index contributed by atoms with van der Waals surface area (Å²) in [4.78, 5) is 49.5. The molecule has 1 aliphatic carbocycles. The van der Waals surface area contributed by atoms with Crippen LogP contribution in [0.4, 0.5) is 0 Å². The number of ketones is 2. The van der Waals surface area contributed by atoms with Gasteiger partial charge in [0.15, 0.2) is 5.78 Å². The molecule has 0 fully saturated rings. The zero-order valence-corrected chi connectivity index (χ0v) is 16.5. The molecule has 8 nitrogen and oxygen atoms in total. The molecule has 30 heavy (non-hydrogen) atoms. The topological polar surface area (TPSA) is 127 Å². The highest BCUT2D eigenvalue weighted by Crippen LogP contribution is 2.39. The lowest BCUT2D eigenvalue weighted by molar-refractivity contribution is -0.143. The van der Waals surface area contributed by atoms with Crippen molar-refractivity contribution in [1.29, 1.82) is 0 Å². The summed E-state index contributed by atoms with van der Waals surface area (Å²) in [7, 11) is 0. The lowest BCUT2D eigenvalue weighted by Gasteiger charge is -2.21. The average Bonchev–Trinajstić information content (AvgIpc) is 2.69. The number of phenols is 2. The molecule has 0 aliphatic heterocycles. The van der Waals surface area contributed by atoms with Crippen LogP contribution in [0.25, 0.3) is 0 Å². The molecule has 0 atom stereocenters. The fraction of sp³-hybridized carbons (Fsp3) is 0.273. The smallest absolute Gasteiger partial charge is 0.310 e. The first-order valence-corrected chi connectivity index (χ1v) is 9.40. The van der Waals surface area contributed by atoms with Gasteiger partial charge in [-0.2, -0.15) is 0 Å². The molecule has 0 saturated carbocycles. The second-order valence-electron chi connectivity index (χ2n) is 6.61. The van der Waals surface area contributed by atoms with Gasteiger partial charge in [0.25, 0.3) is 0 Å². The Bertz CT molecular complexity index is 986. The SMILES string of the molecule is CCOC(=O)Cc1ccc2c(c1O)C(=O)c1c(ccc(CC(=O)OCC)c1O)C2=O. The molecule has 2 aromatic carbocycles. The van der Waals surface area contributed by atoms with Crippen molar-refractivity contribution in [2.75, 3.05) is 13.2 Å². The highest BCUT2D eigenvalue weighted by molar-refractivity contribution is 6.30. The van der Waals surface area contributed by atoms with Crippen molar-refractivity contribution >= 4 is 23.5 Å². The molecule has 1 aliphatic rings. The molecule has 0 amide bonds. The van der Waals surface area contributed by atoms with E-state index in [9.17, 15) is 29.4 Å². The van der Waals surface area contributed by atoms with Gasteiger partial charge in [-0.05, 0) is 26.0 Å². The molecular weight excluding hydrogens is 392 g/mol. The number of ether oxygens (including phenoxy) is 2. The van der Waals surface area contributed by atoms with Gasteiger partial charge >= 0.3 is 11.9 Å². The van der Waals surface area contributed by atoms with E-state index in [1.165, 1.54) is 24.3 Å². The van der Waals surface area contributed by atoms with Crippen LogP contribution in [0, 0.1) is 0 Å². The van der Waals surface area contributed by atoms with Crippen LogP contribution in [0.3, 0.4) is 0 Å². The maximum absolute atomic E-state index is 13.1. The van der Waals surface area contributed by atoms with Gasteiger partial charge < -0.3 is 19.7 Å². The summed E-state index contributed by atoms with van der Waals surface area (Å²) in [5.74, 6) is -3.55. The fourth-order valence-corrected chi connectivity index (χ4v) is 3.40. The van der Waals surface area contributed by atoms with Gasteiger partial charge in [0.1, 0.15) is 11.5 Å². The Kier molecular flexibility index (Phi) is 5.86. The molecule has 0 heterocycles. The first-order valence-electron chi connectivity index (χ1n) is 9.40. The number of hydrogen-bond donors (Lipinski definition) is 2. The molecule has 3 rings (SSSR count). The minimum Gasteiger partial charge on any atom is -0.507 e. The van der Waals surface area contributed by atoms with E-state index in [1.54, 1.807) is 13.8 Å². The zero-order valence-electron chi connectivity index (χ0n) is 16.5. The summed E-state index contributed by atoms with van der Waals surface area (Å²) in [6.45, 7) is 3.60.